The highest BCUT2D eigenvalue weighted by molar-refractivity contribution is 8.00. The quantitative estimate of drug-likeness (QED) is 0.768. The Labute approximate surface area is 134 Å². The van der Waals surface area contributed by atoms with Crippen LogP contribution >= 0.6 is 23.4 Å². The average Bonchev–Trinajstić information content (AvgIpc) is 2.47. The first kappa shape index (κ1) is 15.9. The molecular formula is C17H18ClNOS. The summed E-state index contributed by atoms with van der Waals surface area (Å²) in [6.07, 6.45) is 0. The zero-order valence-corrected chi connectivity index (χ0v) is 13.7. The van der Waals surface area contributed by atoms with Gasteiger partial charge in [0.1, 0.15) is 0 Å². The van der Waals surface area contributed by atoms with E-state index < -0.39 is 0 Å². The van der Waals surface area contributed by atoms with Crippen molar-refractivity contribution < 1.29 is 4.79 Å². The van der Waals surface area contributed by atoms with Gasteiger partial charge in [-0.2, -0.15) is 0 Å². The van der Waals surface area contributed by atoms with Gasteiger partial charge in [0.2, 0.25) is 5.91 Å². The lowest BCUT2D eigenvalue weighted by molar-refractivity contribution is -0.113. The van der Waals surface area contributed by atoms with E-state index in [0.29, 0.717) is 16.7 Å². The van der Waals surface area contributed by atoms with Crippen molar-refractivity contribution in [2.45, 2.75) is 24.7 Å². The minimum absolute atomic E-state index is 0.0304. The Balaban J connectivity index is 1.88. The number of benzene rings is 2. The number of nitrogens with one attached hydrogen (secondary N) is 1. The number of carbonyl (C=O) groups is 1. The second kappa shape index (κ2) is 7.53. The summed E-state index contributed by atoms with van der Waals surface area (Å²) in [4.78, 5) is 12.9. The molecule has 0 spiro atoms. The Morgan fingerprint density at radius 3 is 2.43 bits per heavy atom. The van der Waals surface area contributed by atoms with Crippen molar-refractivity contribution in [3.8, 4) is 0 Å². The Morgan fingerprint density at radius 1 is 1.14 bits per heavy atom. The van der Waals surface area contributed by atoms with Crippen molar-refractivity contribution in [1.82, 2.24) is 0 Å². The predicted molar refractivity (Wildman–Crippen MR) is 91.3 cm³/mol. The number of thioether (sulfide) groups is 1. The summed E-state index contributed by atoms with van der Waals surface area (Å²) in [5.41, 5.74) is 2.09. The molecule has 4 heteroatoms. The summed E-state index contributed by atoms with van der Waals surface area (Å²) in [5, 5.41) is 3.57. The number of anilines is 1. The second-order valence-corrected chi connectivity index (χ2v) is 6.47. The number of carbonyl (C=O) groups excluding carboxylic acids is 1. The zero-order valence-electron chi connectivity index (χ0n) is 12.1. The van der Waals surface area contributed by atoms with E-state index in [1.807, 2.05) is 48.5 Å². The van der Waals surface area contributed by atoms with Gasteiger partial charge in [-0.3, -0.25) is 4.79 Å². The number of hydrogen-bond donors (Lipinski definition) is 1. The lowest BCUT2D eigenvalue weighted by atomic mass is 10.0. The molecule has 0 atom stereocenters. The molecule has 2 nitrogen and oxygen atoms in total. The first-order valence-corrected chi connectivity index (χ1v) is 8.20. The lowest BCUT2D eigenvalue weighted by Gasteiger charge is -2.08. The topological polar surface area (TPSA) is 29.1 Å². The molecule has 0 unspecified atom stereocenters. The van der Waals surface area contributed by atoms with Crippen LogP contribution in [0.4, 0.5) is 5.69 Å². The maximum Gasteiger partial charge on any atom is 0.234 e. The third-order valence-corrected chi connectivity index (χ3v) is 4.57. The molecule has 0 aliphatic rings. The van der Waals surface area contributed by atoms with Gasteiger partial charge in [0.15, 0.2) is 0 Å². The number of rotatable bonds is 5. The van der Waals surface area contributed by atoms with Gasteiger partial charge in [-0.05, 0) is 35.7 Å². The number of hydrogen-bond acceptors (Lipinski definition) is 2. The number of halogens is 1. The molecule has 0 saturated carbocycles. The van der Waals surface area contributed by atoms with E-state index in [2.05, 4.69) is 19.2 Å². The Morgan fingerprint density at radius 2 is 1.81 bits per heavy atom. The monoisotopic (exact) mass is 319 g/mol. The highest BCUT2D eigenvalue weighted by Gasteiger charge is 2.06. The largest absolute Gasteiger partial charge is 0.325 e. The third kappa shape index (κ3) is 4.80. The van der Waals surface area contributed by atoms with E-state index in [1.165, 1.54) is 17.3 Å². The van der Waals surface area contributed by atoms with Gasteiger partial charge in [-0.15, -0.1) is 11.8 Å². The summed E-state index contributed by atoms with van der Waals surface area (Å²) < 4.78 is 0. The zero-order chi connectivity index (χ0) is 15.2. The Bertz CT molecular complexity index is 610. The van der Waals surface area contributed by atoms with E-state index in [-0.39, 0.29) is 5.91 Å². The predicted octanol–water partition coefficient (Wildman–Crippen LogP) is 5.19. The lowest BCUT2D eigenvalue weighted by Crippen LogP contribution is -2.13. The van der Waals surface area contributed by atoms with Gasteiger partial charge in [0, 0.05) is 10.6 Å². The molecule has 0 aromatic heterocycles. The molecule has 0 bridgehead atoms. The molecule has 0 radical (unpaired) electrons. The molecule has 1 N–H and O–H groups in total. The van der Waals surface area contributed by atoms with Crippen molar-refractivity contribution in [2.24, 2.45) is 0 Å². The summed E-state index contributed by atoms with van der Waals surface area (Å²) in [6, 6.07) is 15.5. The first-order valence-electron chi connectivity index (χ1n) is 6.83. The average molecular weight is 320 g/mol. The van der Waals surface area contributed by atoms with Crippen LogP contribution in [0.1, 0.15) is 25.3 Å². The van der Waals surface area contributed by atoms with Crippen LogP contribution in [0, 0.1) is 0 Å². The van der Waals surface area contributed by atoms with Gasteiger partial charge in [-0.25, -0.2) is 0 Å². The SMILES string of the molecule is CC(C)c1ccc(NC(=O)CSc2ccccc2Cl)cc1. The summed E-state index contributed by atoms with van der Waals surface area (Å²) in [6.45, 7) is 4.29. The smallest absolute Gasteiger partial charge is 0.234 e. The van der Waals surface area contributed by atoms with Gasteiger partial charge in [-0.1, -0.05) is 49.7 Å². The molecule has 0 aliphatic heterocycles. The van der Waals surface area contributed by atoms with Crippen LogP contribution in [-0.4, -0.2) is 11.7 Å². The van der Waals surface area contributed by atoms with Gasteiger partial charge in [0.05, 0.1) is 10.8 Å². The van der Waals surface area contributed by atoms with E-state index in [1.54, 1.807) is 0 Å². The molecule has 0 fully saturated rings. The van der Waals surface area contributed by atoms with E-state index >= 15 is 0 Å². The van der Waals surface area contributed by atoms with Crippen molar-refractivity contribution in [3.63, 3.8) is 0 Å². The van der Waals surface area contributed by atoms with Crippen LogP contribution in [0.25, 0.3) is 0 Å². The summed E-state index contributed by atoms with van der Waals surface area (Å²) in [5.74, 6) is 0.804. The third-order valence-electron chi connectivity index (χ3n) is 3.06. The van der Waals surface area contributed by atoms with Crippen LogP contribution < -0.4 is 5.32 Å². The minimum atomic E-state index is -0.0304. The summed E-state index contributed by atoms with van der Waals surface area (Å²) in [7, 11) is 0. The normalized spacial score (nSPS) is 10.7. The van der Waals surface area contributed by atoms with Crippen molar-refractivity contribution in [3.05, 3.63) is 59.1 Å². The van der Waals surface area contributed by atoms with Crippen LogP contribution in [0.15, 0.2) is 53.4 Å². The number of amides is 1. The van der Waals surface area contributed by atoms with E-state index in [9.17, 15) is 4.79 Å². The fourth-order valence-electron chi connectivity index (χ4n) is 1.85. The summed E-state index contributed by atoms with van der Waals surface area (Å²) >= 11 is 7.50. The molecule has 2 aromatic carbocycles. The molecule has 0 aliphatic carbocycles. The van der Waals surface area contributed by atoms with Crippen molar-refractivity contribution in [1.29, 1.82) is 0 Å². The maximum absolute atomic E-state index is 11.9. The molecule has 0 saturated heterocycles. The molecule has 21 heavy (non-hydrogen) atoms. The van der Waals surface area contributed by atoms with Gasteiger partial charge >= 0.3 is 0 Å². The first-order chi connectivity index (χ1) is 10.1. The molecule has 2 rings (SSSR count). The van der Waals surface area contributed by atoms with Gasteiger partial charge < -0.3 is 5.32 Å². The maximum atomic E-state index is 11.9. The molecule has 2 aromatic rings. The van der Waals surface area contributed by atoms with Gasteiger partial charge in [0.25, 0.3) is 0 Å². The highest BCUT2D eigenvalue weighted by Crippen LogP contribution is 2.26. The second-order valence-electron chi connectivity index (χ2n) is 5.04. The van der Waals surface area contributed by atoms with E-state index in [0.717, 1.165) is 10.6 Å². The molecule has 110 valence electrons. The van der Waals surface area contributed by atoms with E-state index in [4.69, 9.17) is 11.6 Å². The minimum Gasteiger partial charge on any atom is -0.325 e. The molecule has 1 amide bonds. The standard InChI is InChI=1S/C17H18ClNOS/c1-12(2)13-7-9-14(10-8-13)19-17(20)11-21-16-6-4-3-5-15(16)18/h3-10,12H,11H2,1-2H3,(H,19,20). The highest BCUT2D eigenvalue weighted by atomic mass is 35.5. The van der Waals surface area contributed by atoms with Crippen molar-refractivity contribution >= 4 is 35.0 Å². The van der Waals surface area contributed by atoms with Crippen LogP contribution in [0.5, 0.6) is 0 Å². The Kier molecular flexibility index (Phi) is 5.71. The fourth-order valence-corrected chi connectivity index (χ4v) is 2.89. The van der Waals surface area contributed by atoms with Crippen molar-refractivity contribution in [2.75, 3.05) is 11.1 Å². The van der Waals surface area contributed by atoms with Crippen LogP contribution in [0.2, 0.25) is 5.02 Å². The fraction of sp³-hybridized carbons (Fsp3) is 0.235. The van der Waals surface area contributed by atoms with Crippen LogP contribution in [-0.2, 0) is 4.79 Å². The molecule has 0 heterocycles. The molecular weight excluding hydrogens is 302 g/mol. The van der Waals surface area contributed by atoms with Crippen LogP contribution in [0.3, 0.4) is 0 Å². The Hall–Kier alpha value is -1.45.